The van der Waals surface area contributed by atoms with E-state index in [0.29, 0.717) is 0 Å². The highest BCUT2D eigenvalue weighted by Crippen LogP contribution is 2.15. The third-order valence-corrected chi connectivity index (χ3v) is 4.04. The highest BCUT2D eigenvalue weighted by atomic mass is 16.7. The van der Waals surface area contributed by atoms with Gasteiger partial charge in [-0.05, 0) is 38.6 Å². The second-order valence-corrected chi connectivity index (χ2v) is 5.99. The maximum absolute atomic E-state index is 5.73. The Morgan fingerprint density at radius 2 is 1.40 bits per heavy atom. The summed E-state index contributed by atoms with van der Waals surface area (Å²) >= 11 is 0. The molecule has 0 spiro atoms. The van der Waals surface area contributed by atoms with Gasteiger partial charge in [-0.15, -0.1) is 0 Å². The van der Waals surface area contributed by atoms with Gasteiger partial charge in [0.2, 0.25) is 0 Å². The molecule has 1 unspecified atom stereocenters. The lowest BCUT2D eigenvalue weighted by Gasteiger charge is -2.22. The summed E-state index contributed by atoms with van der Waals surface area (Å²) in [6, 6.07) is 0. The van der Waals surface area contributed by atoms with Crippen LogP contribution in [0.15, 0.2) is 0 Å². The van der Waals surface area contributed by atoms with Crippen molar-refractivity contribution in [1.82, 2.24) is 0 Å². The largest absolute Gasteiger partial charge is 0.353 e. The Kier molecular flexibility index (Phi) is 12.4. The van der Waals surface area contributed by atoms with Gasteiger partial charge in [0.1, 0.15) is 0 Å². The molecule has 1 aliphatic heterocycles. The van der Waals surface area contributed by atoms with Crippen molar-refractivity contribution in [3.05, 3.63) is 0 Å². The Hall–Kier alpha value is -0.120. The van der Waals surface area contributed by atoms with Crippen molar-refractivity contribution in [2.24, 2.45) is 5.73 Å². The number of hydrogen-bond donors (Lipinski definition) is 1. The average molecular weight is 285 g/mol. The van der Waals surface area contributed by atoms with E-state index in [1.165, 1.54) is 77.0 Å². The maximum Gasteiger partial charge on any atom is 0.157 e. The van der Waals surface area contributed by atoms with Crippen molar-refractivity contribution in [1.29, 1.82) is 0 Å². The molecule has 0 saturated carbocycles. The number of rotatable bonds is 13. The zero-order valence-electron chi connectivity index (χ0n) is 13.3. The zero-order valence-corrected chi connectivity index (χ0v) is 13.3. The molecule has 0 aromatic rings. The molecule has 3 heteroatoms. The number of hydrogen-bond acceptors (Lipinski definition) is 3. The van der Waals surface area contributed by atoms with Crippen molar-refractivity contribution in [3.8, 4) is 0 Å². The normalized spacial score (nSPS) is 19.4. The summed E-state index contributed by atoms with van der Waals surface area (Å²) < 4.78 is 11.3. The Bertz CT molecular complexity index is 193. The molecular formula is C17H35NO2. The standard InChI is InChI=1S/C17H35NO2/c18-14-10-7-5-3-1-2-4-6-8-11-15-19-17-13-9-12-16-20-17/h17H,1-16,18H2. The molecule has 1 fully saturated rings. The van der Waals surface area contributed by atoms with Gasteiger partial charge in [-0.25, -0.2) is 0 Å². The Morgan fingerprint density at radius 1 is 0.800 bits per heavy atom. The third kappa shape index (κ3) is 10.6. The molecule has 1 aliphatic rings. The third-order valence-electron chi connectivity index (χ3n) is 4.04. The van der Waals surface area contributed by atoms with E-state index in [2.05, 4.69) is 0 Å². The van der Waals surface area contributed by atoms with Gasteiger partial charge in [-0.1, -0.05) is 51.4 Å². The maximum atomic E-state index is 5.73. The first kappa shape index (κ1) is 17.9. The van der Waals surface area contributed by atoms with Gasteiger partial charge in [0, 0.05) is 13.2 Å². The van der Waals surface area contributed by atoms with Crippen LogP contribution in [0.1, 0.15) is 83.5 Å². The fraction of sp³-hybridized carbons (Fsp3) is 1.00. The van der Waals surface area contributed by atoms with Crippen LogP contribution >= 0.6 is 0 Å². The number of ether oxygens (including phenoxy) is 2. The molecule has 120 valence electrons. The Morgan fingerprint density at radius 3 is 1.95 bits per heavy atom. The van der Waals surface area contributed by atoms with Gasteiger partial charge in [0.15, 0.2) is 6.29 Å². The highest BCUT2D eigenvalue weighted by Gasteiger charge is 2.13. The van der Waals surface area contributed by atoms with Gasteiger partial charge < -0.3 is 15.2 Å². The lowest BCUT2D eigenvalue weighted by Crippen LogP contribution is -2.22. The SMILES string of the molecule is NCCCCCCCCCCCCOC1CCCCO1. The van der Waals surface area contributed by atoms with E-state index in [9.17, 15) is 0 Å². The van der Waals surface area contributed by atoms with E-state index in [0.717, 1.165) is 26.2 Å². The summed E-state index contributed by atoms with van der Waals surface area (Å²) in [5.41, 5.74) is 5.48. The molecular weight excluding hydrogens is 250 g/mol. The van der Waals surface area contributed by atoms with Crippen LogP contribution in [0.4, 0.5) is 0 Å². The lowest BCUT2D eigenvalue weighted by molar-refractivity contribution is -0.162. The monoisotopic (exact) mass is 285 g/mol. The molecule has 1 rings (SSSR count). The predicted molar refractivity (Wildman–Crippen MR) is 84.8 cm³/mol. The number of nitrogens with two attached hydrogens (primary N) is 1. The summed E-state index contributed by atoms with van der Waals surface area (Å²) in [5, 5.41) is 0. The van der Waals surface area contributed by atoms with Crippen LogP contribution in [-0.4, -0.2) is 26.0 Å². The zero-order chi connectivity index (χ0) is 14.3. The lowest BCUT2D eigenvalue weighted by atomic mass is 10.1. The van der Waals surface area contributed by atoms with E-state index in [1.54, 1.807) is 0 Å². The molecule has 1 atom stereocenters. The van der Waals surface area contributed by atoms with Crippen LogP contribution in [-0.2, 0) is 9.47 Å². The summed E-state index contributed by atoms with van der Waals surface area (Å²) in [6.45, 7) is 2.62. The molecule has 0 aromatic heterocycles. The fourth-order valence-electron chi connectivity index (χ4n) is 2.72. The van der Waals surface area contributed by atoms with Gasteiger partial charge in [0.05, 0.1) is 0 Å². The quantitative estimate of drug-likeness (QED) is 0.510. The van der Waals surface area contributed by atoms with Crippen LogP contribution in [0, 0.1) is 0 Å². The van der Waals surface area contributed by atoms with E-state index >= 15 is 0 Å². The van der Waals surface area contributed by atoms with Gasteiger partial charge in [-0.2, -0.15) is 0 Å². The van der Waals surface area contributed by atoms with Crippen LogP contribution in [0.5, 0.6) is 0 Å². The minimum absolute atomic E-state index is 0.0947. The molecule has 0 amide bonds. The van der Waals surface area contributed by atoms with Crippen LogP contribution in [0.2, 0.25) is 0 Å². The van der Waals surface area contributed by atoms with E-state index in [4.69, 9.17) is 15.2 Å². The molecule has 0 radical (unpaired) electrons. The summed E-state index contributed by atoms with van der Waals surface area (Å²) in [6.07, 6.45) is 17.0. The molecule has 1 saturated heterocycles. The van der Waals surface area contributed by atoms with Crippen molar-refractivity contribution >= 4 is 0 Å². The van der Waals surface area contributed by atoms with E-state index < -0.39 is 0 Å². The number of unbranched alkanes of at least 4 members (excludes halogenated alkanes) is 9. The molecule has 3 nitrogen and oxygen atoms in total. The van der Waals surface area contributed by atoms with Crippen LogP contribution in [0.25, 0.3) is 0 Å². The second-order valence-electron chi connectivity index (χ2n) is 5.99. The smallest absolute Gasteiger partial charge is 0.157 e. The molecule has 0 aromatic carbocycles. The van der Waals surface area contributed by atoms with E-state index in [-0.39, 0.29) is 6.29 Å². The van der Waals surface area contributed by atoms with Crippen molar-refractivity contribution in [3.63, 3.8) is 0 Å². The van der Waals surface area contributed by atoms with Crippen LogP contribution < -0.4 is 5.73 Å². The minimum Gasteiger partial charge on any atom is -0.353 e. The summed E-state index contributed by atoms with van der Waals surface area (Å²) in [7, 11) is 0. The van der Waals surface area contributed by atoms with Gasteiger partial charge in [-0.3, -0.25) is 0 Å². The molecule has 0 aliphatic carbocycles. The average Bonchev–Trinajstić information content (AvgIpc) is 2.49. The fourth-order valence-corrected chi connectivity index (χ4v) is 2.72. The summed E-state index contributed by atoms with van der Waals surface area (Å²) in [4.78, 5) is 0. The highest BCUT2D eigenvalue weighted by molar-refractivity contribution is 4.54. The van der Waals surface area contributed by atoms with Crippen LogP contribution in [0.3, 0.4) is 0 Å². The molecule has 20 heavy (non-hydrogen) atoms. The minimum atomic E-state index is 0.0947. The first-order valence-electron chi connectivity index (χ1n) is 8.87. The summed E-state index contributed by atoms with van der Waals surface area (Å²) in [5.74, 6) is 0. The Labute approximate surface area is 125 Å². The first-order valence-corrected chi connectivity index (χ1v) is 8.87. The van der Waals surface area contributed by atoms with Gasteiger partial charge in [0.25, 0.3) is 0 Å². The molecule has 0 bridgehead atoms. The van der Waals surface area contributed by atoms with Gasteiger partial charge >= 0.3 is 0 Å². The predicted octanol–water partition coefficient (Wildman–Crippen LogP) is 4.39. The second kappa shape index (κ2) is 13.8. The first-order chi connectivity index (χ1) is 9.93. The van der Waals surface area contributed by atoms with E-state index in [1.807, 2.05) is 0 Å². The molecule has 2 N–H and O–H groups in total. The van der Waals surface area contributed by atoms with Crippen molar-refractivity contribution in [2.45, 2.75) is 89.8 Å². The van der Waals surface area contributed by atoms with Crippen molar-refractivity contribution < 1.29 is 9.47 Å². The topological polar surface area (TPSA) is 44.5 Å². The van der Waals surface area contributed by atoms with Crippen molar-refractivity contribution in [2.75, 3.05) is 19.8 Å². The Balaban J connectivity index is 1.70. The molecule has 1 heterocycles.